The maximum absolute atomic E-state index is 10.5. The molecule has 1 aromatic heterocycles. The van der Waals surface area contributed by atoms with Crippen LogP contribution in [0.5, 0.6) is 0 Å². The molecule has 0 aliphatic carbocycles. The van der Waals surface area contributed by atoms with Gasteiger partial charge < -0.3 is 15.5 Å². The number of likely N-dealkylation sites (N-methyl/N-ethyl adjacent to an activating group) is 1. The Bertz CT molecular complexity index is 423. The Kier molecular flexibility index (Phi) is 4.64. The first-order chi connectivity index (χ1) is 9.16. The number of piperazine rings is 1. The average Bonchev–Trinajstić information content (AvgIpc) is 2.41. The smallest absolute Gasteiger partial charge is 0.287 e. The van der Waals surface area contributed by atoms with Crippen LogP contribution in [-0.2, 0) is 0 Å². The predicted molar refractivity (Wildman–Crippen MR) is 73.3 cm³/mol. The third-order valence-corrected chi connectivity index (χ3v) is 3.39. The van der Waals surface area contributed by atoms with Gasteiger partial charge in [0.25, 0.3) is 5.69 Å². The fraction of sp³-hybridized carbons (Fsp3) is 0.583. The molecular formula is C12H19N5O2. The van der Waals surface area contributed by atoms with E-state index in [0.717, 1.165) is 32.6 Å². The molecule has 2 rings (SSSR count). The maximum atomic E-state index is 10.5. The number of rotatable bonds is 5. The molecule has 1 fully saturated rings. The predicted octanol–water partition coefficient (Wildman–Crippen LogP) is 0.695. The molecule has 1 aromatic rings. The molecule has 7 heteroatoms. The number of aromatic nitrogens is 1. The van der Waals surface area contributed by atoms with Gasteiger partial charge in [-0.25, -0.2) is 4.98 Å². The third-order valence-electron chi connectivity index (χ3n) is 3.39. The highest BCUT2D eigenvalue weighted by Crippen LogP contribution is 2.12. The second-order valence-corrected chi connectivity index (χ2v) is 4.71. The Hall–Kier alpha value is -1.73. The van der Waals surface area contributed by atoms with Crippen molar-refractivity contribution in [2.24, 2.45) is 0 Å². The first-order valence-corrected chi connectivity index (χ1v) is 6.42. The molecule has 0 saturated carbocycles. The van der Waals surface area contributed by atoms with Crippen molar-refractivity contribution in [3.05, 3.63) is 28.4 Å². The number of nitro groups is 1. The Morgan fingerprint density at radius 2 is 2.47 bits per heavy atom. The van der Waals surface area contributed by atoms with Crippen LogP contribution in [0.2, 0.25) is 0 Å². The van der Waals surface area contributed by atoms with Gasteiger partial charge in [0, 0.05) is 38.3 Å². The van der Waals surface area contributed by atoms with Gasteiger partial charge in [-0.1, -0.05) is 0 Å². The van der Waals surface area contributed by atoms with Crippen LogP contribution in [0, 0.1) is 10.1 Å². The number of hydrogen-bond donors (Lipinski definition) is 2. The number of pyridine rings is 1. The Labute approximate surface area is 112 Å². The summed E-state index contributed by atoms with van der Waals surface area (Å²) in [6.07, 6.45) is 2.29. The summed E-state index contributed by atoms with van der Waals surface area (Å²) < 4.78 is 0. The van der Waals surface area contributed by atoms with Crippen LogP contribution in [0.1, 0.15) is 6.42 Å². The van der Waals surface area contributed by atoms with E-state index in [1.54, 1.807) is 6.07 Å². The molecule has 7 nitrogen and oxygen atoms in total. The molecule has 1 aliphatic rings. The highest BCUT2D eigenvalue weighted by Gasteiger charge is 2.17. The summed E-state index contributed by atoms with van der Waals surface area (Å²) in [6, 6.07) is 3.63. The van der Waals surface area contributed by atoms with Gasteiger partial charge in [-0.05, 0) is 19.5 Å². The Balaban J connectivity index is 1.77. The molecule has 1 atom stereocenters. The number of nitrogens with one attached hydrogen (secondary N) is 2. The zero-order chi connectivity index (χ0) is 13.7. The molecule has 1 unspecified atom stereocenters. The third kappa shape index (κ3) is 3.87. The SMILES string of the molecule is CN1CCNCC1CCNc1ccc([N+](=O)[O-])cn1. The van der Waals surface area contributed by atoms with E-state index in [0.29, 0.717) is 11.9 Å². The maximum Gasteiger partial charge on any atom is 0.287 e. The lowest BCUT2D eigenvalue weighted by Gasteiger charge is -2.33. The minimum absolute atomic E-state index is 0.0155. The highest BCUT2D eigenvalue weighted by atomic mass is 16.6. The molecule has 2 heterocycles. The monoisotopic (exact) mass is 265 g/mol. The molecule has 0 radical (unpaired) electrons. The zero-order valence-electron chi connectivity index (χ0n) is 11.0. The molecule has 104 valence electrons. The van der Waals surface area contributed by atoms with Crippen molar-refractivity contribution in [3.8, 4) is 0 Å². The van der Waals surface area contributed by atoms with Crippen molar-refractivity contribution in [1.29, 1.82) is 0 Å². The summed E-state index contributed by atoms with van der Waals surface area (Å²) in [5.41, 5.74) is 0.0155. The molecule has 1 saturated heterocycles. The normalized spacial score (nSPS) is 20.2. The summed E-state index contributed by atoms with van der Waals surface area (Å²) in [6.45, 7) is 3.93. The van der Waals surface area contributed by atoms with Crippen molar-refractivity contribution in [2.75, 3.05) is 38.5 Å². The second-order valence-electron chi connectivity index (χ2n) is 4.71. The fourth-order valence-electron chi connectivity index (χ4n) is 2.15. The molecule has 1 aliphatic heterocycles. The summed E-state index contributed by atoms with van der Waals surface area (Å²) in [5, 5.41) is 17.1. The van der Waals surface area contributed by atoms with E-state index < -0.39 is 4.92 Å². The van der Waals surface area contributed by atoms with Gasteiger partial charge in [0.15, 0.2) is 0 Å². The highest BCUT2D eigenvalue weighted by molar-refractivity contribution is 5.39. The van der Waals surface area contributed by atoms with E-state index in [9.17, 15) is 10.1 Å². The summed E-state index contributed by atoms with van der Waals surface area (Å²) in [4.78, 5) is 16.4. The minimum Gasteiger partial charge on any atom is -0.370 e. The van der Waals surface area contributed by atoms with Crippen LogP contribution in [-0.4, -0.2) is 54.1 Å². The molecule has 0 bridgehead atoms. The van der Waals surface area contributed by atoms with Crippen LogP contribution in [0.3, 0.4) is 0 Å². The van der Waals surface area contributed by atoms with E-state index >= 15 is 0 Å². The van der Waals surface area contributed by atoms with Crippen LogP contribution >= 0.6 is 0 Å². The standard InChI is InChI=1S/C12H19N5O2/c1-16-7-6-13-8-10(16)4-5-14-12-3-2-11(9-15-12)17(18)19/h2-3,9-10,13H,4-8H2,1H3,(H,14,15). The van der Waals surface area contributed by atoms with Crippen molar-refractivity contribution in [2.45, 2.75) is 12.5 Å². The van der Waals surface area contributed by atoms with E-state index in [1.165, 1.54) is 12.3 Å². The van der Waals surface area contributed by atoms with Gasteiger partial charge in [0.05, 0.1) is 4.92 Å². The fourth-order valence-corrected chi connectivity index (χ4v) is 2.15. The van der Waals surface area contributed by atoms with Gasteiger partial charge in [-0.15, -0.1) is 0 Å². The molecular weight excluding hydrogens is 246 g/mol. The van der Waals surface area contributed by atoms with E-state index in [1.807, 2.05) is 0 Å². The summed E-state index contributed by atoms with van der Waals surface area (Å²) in [7, 11) is 2.13. The average molecular weight is 265 g/mol. The molecule has 0 aromatic carbocycles. The number of hydrogen-bond acceptors (Lipinski definition) is 6. The second kappa shape index (κ2) is 6.44. The van der Waals surface area contributed by atoms with Gasteiger partial charge >= 0.3 is 0 Å². The van der Waals surface area contributed by atoms with Gasteiger partial charge in [-0.3, -0.25) is 10.1 Å². The largest absolute Gasteiger partial charge is 0.370 e. The zero-order valence-corrected chi connectivity index (χ0v) is 11.0. The van der Waals surface area contributed by atoms with Crippen molar-refractivity contribution >= 4 is 11.5 Å². The molecule has 2 N–H and O–H groups in total. The first kappa shape index (κ1) is 13.7. The summed E-state index contributed by atoms with van der Waals surface area (Å²) >= 11 is 0. The minimum atomic E-state index is -0.445. The van der Waals surface area contributed by atoms with E-state index in [4.69, 9.17) is 0 Å². The molecule has 0 spiro atoms. The van der Waals surface area contributed by atoms with Crippen LogP contribution < -0.4 is 10.6 Å². The van der Waals surface area contributed by atoms with Crippen molar-refractivity contribution in [1.82, 2.24) is 15.2 Å². The van der Waals surface area contributed by atoms with Gasteiger partial charge in [0.1, 0.15) is 12.0 Å². The van der Waals surface area contributed by atoms with E-state index in [2.05, 4.69) is 27.6 Å². The number of anilines is 1. The van der Waals surface area contributed by atoms with Crippen molar-refractivity contribution in [3.63, 3.8) is 0 Å². The van der Waals surface area contributed by atoms with Crippen LogP contribution in [0.4, 0.5) is 11.5 Å². The first-order valence-electron chi connectivity index (χ1n) is 6.42. The molecule has 0 amide bonds. The van der Waals surface area contributed by atoms with Gasteiger partial charge in [-0.2, -0.15) is 0 Å². The summed E-state index contributed by atoms with van der Waals surface area (Å²) in [5.74, 6) is 0.678. The van der Waals surface area contributed by atoms with Gasteiger partial charge in [0.2, 0.25) is 0 Å². The lowest BCUT2D eigenvalue weighted by Crippen LogP contribution is -2.49. The van der Waals surface area contributed by atoms with Crippen molar-refractivity contribution < 1.29 is 4.92 Å². The Morgan fingerprint density at radius 3 is 3.11 bits per heavy atom. The Morgan fingerprint density at radius 1 is 1.63 bits per heavy atom. The van der Waals surface area contributed by atoms with Crippen LogP contribution in [0.15, 0.2) is 18.3 Å². The molecule has 19 heavy (non-hydrogen) atoms. The lowest BCUT2D eigenvalue weighted by atomic mass is 10.1. The van der Waals surface area contributed by atoms with E-state index in [-0.39, 0.29) is 5.69 Å². The number of nitrogens with zero attached hydrogens (tertiary/aromatic N) is 3. The topological polar surface area (TPSA) is 83.3 Å². The lowest BCUT2D eigenvalue weighted by molar-refractivity contribution is -0.385. The van der Waals surface area contributed by atoms with Crippen LogP contribution in [0.25, 0.3) is 0 Å². The quantitative estimate of drug-likeness (QED) is 0.602.